The van der Waals surface area contributed by atoms with Gasteiger partial charge in [-0.3, -0.25) is 4.79 Å². The van der Waals surface area contributed by atoms with Gasteiger partial charge >= 0.3 is 0 Å². The van der Waals surface area contributed by atoms with E-state index in [-0.39, 0.29) is 11.9 Å². The SMILES string of the molecule is CCC(C)CC(=O)C1Cc2ccccc2O1. The van der Waals surface area contributed by atoms with Gasteiger partial charge in [0, 0.05) is 12.8 Å². The number of rotatable bonds is 4. The Hall–Kier alpha value is -1.31. The standard InChI is InChI=1S/C14H18O2/c1-3-10(2)8-12(15)14-9-11-6-4-5-7-13(11)16-14/h4-7,10,14H,3,8-9H2,1-2H3. The molecule has 0 bridgehead atoms. The third-order valence-electron chi connectivity index (χ3n) is 3.25. The van der Waals surface area contributed by atoms with Crippen molar-refractivity contribution in [3.63, 3.8) is 0 Å². The van der Waals surface area contributed by atoms with Crippen LogP contribution in [0.25, 0.3) is 0 Å². The quantitative estimate of drug-likeness (QED) is 0.776. The molecular weight excluding hydrogens is 200 g/mol. The van der Waals surface area contributed by atoms with Crippen LogP contribution >= 0.6 is 0 Å². The van der Waals surface area contributed by atoms with E-state index in [1.54, 1.807) is 0 Å². The number of carbonyl (C=O) groups excluding carboxylic acids is 1. The number of hydrogen-bond acceptors (Lipinski definition) is 2. The molecule has 2 rings (SSSR count). The molecule has 0 fully saturated rings. The van der Waals surface area contributed by atoms with Gasteiger partial charge < -0.3 is 4.74 Å². The van der Waals surface area contributed by atoms with E-state index in [9.17, 15) is 4.79 Å². The van der Waals surface area contributed by atoms with Crippen LogP contribution in [0.2, 0.25) is 0 Å². The molecule has 2 atom stereocenters. The molecule has 0 amide bonds. The fourth-order valence-corrected chi connectivity index (χ4v) is 1.98. The molecule has 1 aromatic rings. The Morgan fingerprint density at radius 3 is 2.94 bits per heavy atom. The highest BCUT2D eigenvalue weighted by molar-refractivity contribution is 5.84. The minimum atomic E-state index is -0.244. The average Bonchev–Trinajstić information content (AvgIpc) is 2.72. The van der Waals surface area contributed by atoms with Crippen LogP contribution in [0.15, 0.2) is 24.3 Å². The first kappa shape index (κ1) is 11.2. The van der Waals surface area contributed by atoms with Crippen LogP contribution in [0.4, 0.5) is 0 Å². The van der Waals surface area contributed by atoms with Crippen molar-refractivity contribution in [2.24, 2.45) is 5.92 Å². The zero-order chi connectivity index (χ0) is 11.5. The van der Waals surface area contributed by atoms with Gasteiger partial charge in [-0.05, 0) is 17.5 Å². The molecule has 0 saturated heterocycles. The number of ketones is 1. The maximum absolute atomic E-state index is 12.0. The fraction of sp³-hybridized carbons (Fsp3) is 0.500. The normalized spacial score (nSPS) is 20.0. The molecule has 0 spiro atoms. The van der Waals surface area contributed by atoms with Gasteiger partial charge in [0.1, 0.15) is 5.75 Å². The van der Waals surface area contributed by atoms with Gasteiger partial charge in [0.2, 0.25) is 0 Å². The molecule has 0 aromatic heterocycles. The number of benzene rings is 1. The minimum Gasteiger partial charge on any atom is -0.482 e. The second-order valence-electron chi connectivity index (χ2n) is 4.60. The Morgan fingerprint density at radius 2 is 2.25 bits per heavy atom. The zero-order valence-corrected chi connectivity index (χ0v) is 9.90. The molecule has 1 aliphatic rings. The largest absolute Gasteiger partial charge is 0.482 e. The predicted octanol–water partition coefficient (Wildman–Crippen LogP) is 3.00. The third kappa shape index (κ3) is 2.26. The van der Waals surface area contributed by atoms with Crippen molar-refractivity contribution in [3.8, 4) is 5.75 Å². The molecule has 86 valence electrons. The van der Waals surface area contributed by atoms with Gasteiger partial charge in [-0.25, -0.2) is 0 Å². The van der Waals surface area contributed by atoms with Crippen molar-refractivity contribution in [2.75, 3.05) is 0 Å². The molecule has 0 radical (unpaired) electrons. The van der Waals surface area contributed by atoms with E-state index in [0.717, 1.165) is 24.2 Å². The van der Waals surface area contributed by atoms with Gasteiger partial charge in [-0.1, -0.05) is 38.5 Å². The Balaban J connectivity index is 1.98. The van der Waals surface area contributed by atoms with E-state index in [1.165, 1.54) is 0 Å². The summed E-state index contributed by atoms with van der Waals surface area (Å²) in [5.41, 5.74) is 1.16. The average molecular weight is 218 g/mol. The lowest BCUT2D eigenvalue weighted by Crippen LogP contribution is -2.26. The first-order valence-electron chi connectivity index (χ1n) is 5.98. The van der Waals surface area contributed by atoms with Crippen LogP contribution in [0.5, 0.6) is 5.75 Å². The van der Waals surface area contributed by atoms with Gasteiger partial charge in [0.05, 0.1) is 0 Å². The van der Waals surface area contributed by atoms with Crippen molar-refractivity contribution >= 4 is 5.78 Å². The number of ether oxygens (including phenoxy) is 1. The van der Waals surface area contributed by atoms with E-state index in [0.29, 0.717) is 12.3 Å². The summed E-state index contributed by atoms with van der Waals surface area (Å²) in [4.78, 5) is 12.0. The summed E-state index contributed by atoms with van der Waals surface area (Å²) >= 11 is 0. The van der Waals surface area contributed by atoms with Gasteiger partial charge in [-0.2, -0.15) is 0 Å². The van der Waals surface area contributed by atoms with Gasteiger partial charge in [0.25, 0.3) is 0 Å². The Kier molecular flexibility index (Phi) is 3.28. The monoisotopic (exact) mass is 218 g/mol. The summed E-state index contributed by atoms with van der Waals surface area (Å²) in [5.74, 6) is 1.58. The smallest absolute Gasteiger partial charge is 0.173 e. The van der Waals surface area contributed by atoms with E-state index in [2.05, 4.69) is 13.8 Å². The number of hydrogen-bond donors (Lipinski definition) is 0. The molecule has 2 unspecified atom stereocenters. The third-order valence-corrected chi connectivity index (χ3v) is 3.25. The van der Waals surface area contributed by atoms with E-state index >= 15 is 0 Å². The van der Waals surface area contributed by atoms with Crippen LogP contribution in [-0.4, -0.2) is 11.9 Å². The molecule has 2 heteroatoms. The lowest BCUT2D eigenvalue weighted by Gasteiger charge is -2.12. The summed E-state index contributed by atoms with van der Waals surface area (Å²) in [6.45, 7) is 4.22. The highest BCUT2D eigenvalue weighted by Crippen LogP contribution is 2.29. The Bertz CT molecular complexity index is 359. The summed E-state index contributed by atoms with van der Waals surface area (Å²) in [6, 6.07) is 7.90. The second kappa shape index (κ2) is 4.69. The highest BCUT2D eigenvalue weighted by atomic mass is 16.5. The van der Waals surface area contributed by atoms with Crippen molar-refractivity contribution in [2.45, 2.75) is 39.2 Å². The van der Waals surface area contributed by atoms with E-state index in [4.69, 9.17) is 4.74 Å². The number of para-hydroxylation sites is 1. The zero-order valence-electron chi connectivity index (χ0n) is 9.90. The molecule has 0 saturated carbocycles. The molecular formula is C14H18O2. The van der Waals surface area contributed by atoms with Crippen molar-refractivity contribution < 1.29 is 9.53 Å². The summed E-state index contributed by atoms with van der Waals surface area (Å²) < 4.78 is 5.66. The molecule has 2 nitrogen and oxygen atoms in total. The lowest BCUT2D eigenvalue weighted by atomic mass is 9.97. The topological polar surface area (TPSA) is 26.3 Å². The molecule has 0 N–H and O–H groups in total. The lowest BCUT2D eigenvalue weighted by molar-refractivity contribution is -0.125. The molecule has 1 heterocycles. The van der Waals surface area contributed by atoms with Crippen molar-refractivity contribution in [3.05, 3.63) is 29.8 Å². The van der Waals surface area contributed by atoms with Crippen LogP contribution in [0.1, 0.15) is 32.3 Å². The number of carbonyl (C=O) groups is 1. The summed E-state index contributed by atoms with van der Waals surface area (Å²) in [5, 5.41) is 0. The predicted molar refractivity (Wildman–Crippen MR) is 63.6 cm³/mol. The first-order chi connectivity index (χ1) is 7.70. The van der Waals surface area contributed by atoms with Crippen LogP contribution in [0, 0.1) is 5.92 Å². The molecule has 16 heavy (non-hydrogen) atoms. The van der Waals surface area contributed by atoms with Gasteiger partial charge in [-0.15, -0.1) is 0 Å². The van der Waals surface area contributed by atoms with E-state index < -0.39 is 0 Å². The molecule has 1 aliphatic heterocycles. The van der Waals surface area contributed by atoms with Gasteiger partial charge in [0.15, 0.2) is 11.9 Å². The van der Waals surface area contributed by atoms with Crippen LogP contribution < -0.4 is 4.74 Å². The Labute approximate surface area is 96.6 Å². The van der Waals surface area contributed by atoms with Crippen molar-refractivity contribution in [1.82, 2.24) is 0 Å². The van der Waals surface area contributed by atoms with Crippen LogP contribution in [0.3, 0.4) is 0 Å². The number of Topliss-reactive ketones (excluding diaryl/α,β-unsaturated/α-hetero) is 1. The molecule has 0 aliphatic carbocycles. The van der Waals surface area contributed by atoms with Crippen LogP contribution in [-0.2, 0) is 11.2 Å². The number of fused-ring (bicyclic) bond motifs is 1. The maximum atomic E-state index is 12.0. The highest BCUT2D eigenvalue weighted by Gasteiger charge is 2.28. The molecule has 1 aromatic carbocycles. The fourth-order valence-electron chi connectivity index (χ4n) is 1.98. The van der Waals surface area contributed by atoms with E-state index in [1.807, 2.05) is 24.3 Å². The Morgan fingerprint density at radius 1 is 1.50 bits per heavy atom. The van der Waals surface area contributed by atoms with Crippen molar-refractivity contribution in [1.29, 1.82) is 0 Å². The summed E-state index contributed by atoms with van der Waals surface area (Å²) in [7, 11) is 0. The maximum Gasteiger partial charge on any atom is 0.173 e. The minimum absolute atomic E-state index is 0.241. The second-order valence-corrected chi connectivity index (χ2v) is 4.60. The first-order valence-corrected chi connectivity index (χ1v) is 5.98. The summed E-state index contributed by atoms with van der Waals surface area (Å²) in [6.07, 6.45) is 2.18.